The summed E-state index contributed by atoms with van der Waals surface area (Å²) in [6.07, 6.45) is 30.0. The monoisotopic (exact) mass is 937 g/mol. The van der Waals surface area contributed by atoms with Crippen molar-refractivity contribution in [2.24, 2.45) is 0 Å². The first-order valence-electron chi connectivity index (χ1n) is 29.6. The van der Waals surface area contributed by atoms with Crippen molar-refractivity contribution in [2.45, 2.75) is 215 Å². The number of rotatable bonds is 36. The van der Waals surface area contributed by atoms with Gasteiger partial charge in [0.2, 0.25) is 0 Å². The maximum absolute atomic E-state index is 3.04. The maximum Gasteiger partial charge on any atom is 0.0870 e. The number of nitrogens with zero attached hydrogens (tertiary/aromatic N) is 4. The lowest BCUT2D eigenvalue weighted by molar-refractivity contribution is 0.611. The smallest absolute Gasteiger partial charge is 0.0870 e. The predicted octanol–water partition coefficient (Wildman–Crippen LogP) is 18.8. The summed E-state index contributed by atoms with van der Waals surface area (Å²) in [7, 11) is 0. The Morgan fingerprint density at radius 2 is 0.522 bits per heavy atom. The highest BCUT2D eigenvalue weighted by molar-refractivity contribution is 6.11. The molecule has 0 heterocycles. The van der Waals surface area contributed by atoms with Crippen LogP contribution in [0.15, 0.2) is 72.8 Å². The predicted molar refractivity (Wildman–Crippen MR) is 308 cm³/mol. The number of hydrogen-bond donors (Lipinski definition) is 0. The Kier molecular flexibility index (Phi) is 22.7. The standard InChI is InChI=1S/C65H100N4/c1-9-17-31-45-66(46-32-18-10-2)61-59-55-41-27-30-44-58(55)65(56-42-28-25-39-53(56)54-40-26-29-43-57(54)65)60(59)62(67(47-33-19-11-3)48-34-20-12-4)64(69(51-37-23-15-7)52-38-24-16-8)63(61)68(49-35-21-13-5)50-36-22-14-6/h25-30,39-44H,9-24,31-38,45-52H2,1-8H3. The van der Waals surface area contributed by atoms with Crippen LogP contribution >= 0.6 is 0 Å². The minimum absolute atomic E-state index is 0.434. The van der Waals surface area contributed by atoms with Gasteiger partial charge in [-0.3, -0.25) is 0 Å². The number of unbranched alkanes of at least 4 members (excludes halogenated alkanes) is 16. The molecule has 0 aromatic heterocycles. The van der Waals surface area contributed by atoms with Gasteiger partial charge in [0.05, 0.1) is 28.2 Å². The van der Waals surface area contributed by atoms with Crippen molar-refractivity contribution in [2.75, 3.05) is 72.0 Å². The Morgan fingerprint density at radius 3 is 0.841 bits per heavy atom. The molecular weight excluding hydrogens is 837 g/mol. The molecule has 2 aliphatic rings. The van der Waals surface area contributed by atoms with Gasteiger partial charge in [-0.1, -0.05) is 231 Å². The molecule has 4 aromatic rings. The second-order valence-electron chi connectivity index (χ2n) is 21.1. The highest BCUT2D eigenvalue weighted by Gasteiger charge is 2.56. The summed E-state index contributed by atoms with van der Waals surface area (Å²) in [5.41, 5.74) is 17.9. The van der Waals surface area contributed by atoms with Crippen LogP contribution in [0, 0.1) is 0 Å². The van der Waals surface area contributed by atoms with Gasteiger partial charge in [0.1, 0.15) is 0 Å². The largest absolute Gasteiger partial charge is 0.370 e. The van der Waals surface area contributed by atoms with E-state index < -0.39 is 5.41 Å². The average molecular weight is 938 g/mol. The second kappa shape index (κ2) is 28.8. The first-order valence-corrected chi connectivity index (χ1v) is 29.6. The molecule has 0 fully saturated rings. The van der Waals surface area contributed by atoms with Crippen molar-refractivity contribution in [1.29, 1.82) is 0 Å². The van der Waals surface area contributed by atoms with E-state index in [1.807, 2.05) is 0 Å². The molecule has 4 nitrogen and oxygen atoms in total. The molecule has 0 aliphatic heterocycles. The SMILES string of the molecule is CCCCCN(CCCCC)c1c2c(c(N(CCCCC)CCCCC)c(N(CCCCC)CCCCC)c1N(CCCCC)CCCCC)C1(c3ccccc3-c3ccccc31)c1ccccc1-2. The lowest BCUT2D eigenvalue weighted by Gasteiger charge is -2.45. The molecule has 380 valence electrons. The molecule has 0 N–H and O–H groups in total. The van der Waals surface area contributed by atoms with Crippen LogP contribution in [0.3, 0.4) is 0 Å². The van der Waals surface area contributed by atoms with Gasteiger partial charge in [0, 0.05) is 63.5 Å². The van der Waals surface area contributed by atoms with Gasteiger partial charge in [-0.25, -0.2) is 0 Å². The van der Waals surface area contributed by atoms with Crippen LogP contribution < -0.4 is 19.6 Å². The van der Waals surface area contributed by atoms with Gasteiger partial charge in [-0.15, -0.1) is 0 Å². The normalized spacial score (nSPS) is 12.9. The van der Waals surface area contributed by atoms with E-state index in [0.717, 1.165) is 52.4 Å². The average Bonchev–Trinajstić information content (AvgIpc) is 3.84. The summed E-state index contributed by atoms with van der Waals surface area (Å²) >= 11 is 0. The highest BCUT2D eigenvalue weighted by Crippen LogP contribution is 2.69. The van der Waals surface area contributed by atoms with E-state index in [-0.39, 0.29) is 0 Å². The molecule has 4 aromatic carbocycles. The lowest BCUT2D eigenvalue weighted by Crippen LogP contribution is -2.39. The molecule has 0 atom stereocenters. The lowest BCUT2D eigenvalue weighted by atomic mass is 9.69. The van der Waals surface area contributed by atoms with Crippen molar-refractivity contribution in [3.63, 3.8) is 0 Å². The fourth-order valence-corrected chi connectivity index (χ4v) is 12.3. The molecule has 0 saturated carbocycles. The van der Waals surface area contributed by atoms with E-state index in [4.69, 9.17) is 0 Å². The second-order valence-corrected chi connectivity index (χ2v) is 21.1. The third kappa shape index (κ3) is 12.4. The topological polar surface area (TPSA) is 13.0 Å². The Labute approximate surface area is 425 Å². The maximum atomic E-state index is 3.04. The minimum Gasteiger partial charge on any atom is -0.370 e. The molecular formula is C65H100N4. The van der Waals surface area contributed by atoms with E-state index in [1.165, 1.54) is 187 Å². The molecule has 4 heteroatoms. The minimum atomic E-state index is -0.434. The summed E-state index contributed by atoms with van der Waals surface area (Å²) in [5, 5.41) is 0. The first kappa shape index (κ1) is 54.4. The zero-order chi connectivity index (χ0) is 48.9. The summed E-state index contributed by atoms with van der Waals surface area (Å²) in [4.78, 5) is 12.1. The van der Waals surface area contributed by atoms with E-state index >= 15 is 0 Å². The Hall–Kier alpha value is -3.92. The van der Waals surface area contributed by atoms with Gasteiger partial charge in [0.15, 0.2) is 0 Å². The number of fused-ring (bicyclic) bond motifs is 10. The van der Waals surface area contributed by atoms with Crippen LogP contribution in [0.25, 0.3) is 22.3 Å². The van der Waals surface area contributed by atoms with Crippen LogP contribution in [0.5, 0.6) is 0 Å². The Bertz CT molecular complexity index is 2010. The molecule has 0 radical (unpaired) electrons. The van der Waals surface area contributed by atoms with Gasteiger partial charge >= 0.3 is 0 Å². The van der Waals surface area contributed by atoms with Gasteiger partial charge in [-0.05, 0) is 84.7 Å². The molecule has 0 saturated heterocycles. The number of hydrogen-bond acceptors (Lipinski definition) is 4. The zero-order valence-electron chi connectivity index (χ0n) is 45.8. The van der Waals surface area contributed by atoms with Gasteiger partial charge in [-0.2, -0.15) is 0 Å². The van der Waals surface area contributed by atoms with Gasteiger partial charge < -0.3 is 19.6 Å². The number of benzene rings is 4. The van der Waals surface area contributed by atoms with Crippen LogP contribution in [-0.4, -0.2) is 52.4 Å². The highest BCUT2D eigenvalue weighted by atomic mass is 15.3. The summed E-state index contributed by atoms with van der Waals surface area (Å²) in [5.74, 6) is 0. The molecule has 6 rings (SSSR count). The van der Waals surface area contributed by atoms with Crippen molar-refractivity contribution in [3.8, 4) is 22.3 Å². The van der Waals surface area contributed by atoms with Crippen molar-refractivity contribution in [3.05, 3.63) is 95.1 Å². The van der Waals surface area contributed by atoms with E-state index in [1.54, 1.807) is 33.9 Å². The quantitative estimate of drug-likeness (QED) is 0.0364. The molecule has 0 bridgehead atoms. The molecule has 1 spiro atoms. The third-order valence-corrected chi connectivity index (χ3v) is 15.8. The van der Waals surface area contributed by atoms with Crippen LogP contribution in [0.4, 0.5) is 22.7 Å². The van der Waals surface area contributed by atoms with Crippen molar-refractivity contribution in [1.82, 2.24) is 0 Å². The van der Waals surface area contributed by atoms with E-state index in [2.05, 4.69) is 148 Å². The molecule has 0 unspecified atom stereocenters. The third-order valence-electron chi connectivity index (χ3n) is 15.8. The summed E-state index contributed by atoms with van der Waals surface area (Å²) in [6, 6.07) is 29.2. The first-order chi connectivity index (χ1) is 34.0. The van der Waals surface area contributed by atoms with Crippen LogP contribution in [0.1, 0.15) is 232 Å². The Morgan fingerprint density at radius 1 is 0.275 bits per heavy atom. The van der Waals surface area contributed by atoms with E-state index in [9.17, 15) is 0 Å². The van der Waals surface area contributed by atoms with E-state index in [0.29, 0.717) is 0 Å². The molecule has 0 amide bonds. The van der Waals surface area contributed by atoms with Crippen LogP contribution in [-0.2, 0) is 5.41 Å². The van der Waals surface area contributed by atoms with Crippen molar-refractivity contribution >= 4 is 22.7 Å². The summed E-state index contributed by atoms with van der Waals surface area (Å²) < 4.78 is 0. The molecule has 2 aliphatic carbocycles. The fourth-order valence-electron chi connectivity index (χ4n) is 12.3. The Balaban J connectivity index is 1.93. The summed E-state index contributed by atoms with van der Waals surface area (Å²) in [6.45, 7) is 28.1. The zero-order valence-corrected chi connectivity index (χ0v) is 45.8. The fraction of sp³-hybridized carbons (Fsp3) is 0.631. The van der Waals surface area contributed by atoms with Crippen molar-refractivity contribution < 1.29 is 0 Å². The van der Waals surface area contributed by atoms with Gasteiger partial charge in [0.25, 0.3) is 0 Å². The van der Waals surface area contributed by atoms with Crippen LogP contribution in [0.2, 0.25) is 0 Å². The molecule has 69 heavy (non-hydrogen) atoms. The number of anilines is 4.